The highest BCUT2D eigenvalue weighted by Gasteiger charge is 2.17. The van der Waals surface area contributed by atoms with Gasteiger partial charge in [-0.25, -0.2) is 4.79 Å². The highest BCUT2D eigenvalue weighted by atomic mass is 16.5. The number of hydrogen-bond acceptors (Lipinski definition) is 6. The molecule has 0 amide bonds. The summed E-state index contributed by atoms with van der Waals surface area (Å²) in [7, 11) is 6.17. The van der Waals surface area contributed by atoms with Crippen LogP contribution < -0.4 is 18.9 Å². The number of nitrogens with zero attached hydrogens (tertiary/aromatic N) is 1. The largest absolute Gasteiger partial charge is 0.493 e. The summed E-state index contributed by atoms with van der Waals surface area (Å²) in [5.74, 6) is 1.04. The van der Waals surface area contributed by atoms with Gasteiger partial charge in [-0.15, -0.1) is 0 Å². The molecular formula is C22H21NO6. The van der Waals surface area contributed by atoms with E-state index in [1.807, 2.05) is 12.1 Å². The normalized spacial score (nSPS) is 11.2. The molecule has 0 aliphatic carbocycles. The molecule has 1 heterocycles. The topological polar surface area (TPSA) is 87.1 Å². The summed E-state index contributed by atoms with van der Waals surface area (Å²) in [6.45, 7) is 0. The Bertz CT molecular complexity index is 1090. The fourth-order valence-corrected chi connectivity index (χ4v) is 3.13. The summed E-state index contributed by atoms with van der Waals surface area (Å²) in [6, 6.07) is 10.6. The van der Waals surface area contributed by atoms with Gasteiger partial charge in [0.1, 0.15) is 0 Å². The van der Waals surface area contributed by atoms with Gasteiger partial charge in [-0.2, -0.15) is 0 Å². The fraction of sp³-hybridized carbons (Fsp3) is 0.182. The quantitative estimate of drug-likeness (QED) is 0.609. The number of fused-ring (bicyclic) bond motifs is 1. The van der Waals surface area contributed by atoms with Crippen molar-refractivity contribution in [2.45, 2.75) is 0 Å². The van der Waals surface area contributed by atoms with Crippen LogP contribution in [0.25, 0.3) is 16.3 Å². The Morgan fingerprint density at radius 2 is 1.48 bits per heavy atom. The third-order valence-corrected chi connectivity index (χ3v) is 4.49. The van der Waals surface area contributed by atoms with Crippen LogP contribution in [0.2, 0.25) is 0 Å². The number of hydrogen-bond donors (Lipinski definition) is 1. The van der Waals surface area contributed by atoms with Crippen LogP contribution in [0.5, 0.6) is 23.0 Å². The van der Waals surface area contributed by atoms with Gasteiger partial charge in [-0.3, -0.25) is 4.98 Å². The van der Waals surface area contributed by atoms with Gasteiger partial charge in [-0.05, 0) is 41.3 Å². The molecule has 0 saturated carbocycles. The van der Waals surface area contributed by atoms with Gasteiger partial charge in [0.15, 0.2) is 23.0 Å². The zero-order chi connectivity index (χ0) is 21.0. The van der Waals surface area contributed by atoms with E-state index in [4.69, 9.17) is 18.9 Å². The standard InChI is InChI=1S/C22H21NO6/c1-26-17-6-5-13(9-18(17)27-2)16(12-21(24)25)22-15-11-20(29-4)19(28-3)10-14(15)7-8-23-22/h5-12H,1-4H3,(H,24,25)/b16-12-. The highest BCUT2D eigenvalue weighted by Crippen LogP contribution is 2.38. The number of aliphatic carboxylic acids is 1. The molecule has 7 heteroatoms. The number of rotatable bonds is 7. The molecule has 0 spiro atoms. The van der Waals surface area contributed by atoms with E-state index in [9.17, 15) is 9.90 Å². The lowest BCUT2D eigenvalue weighted by molar-refractivity contribution is -0.131. The second kappa shape index (κ2) is 8.52. The van der Waals surface area contributed by atoms with E-state index in [1.165, 1.54) is 14.2 Å². The second-order valence-corrected chi connectivity index (χ2v) is 6.05. The van der Waals surface area contributed by atoms with E-state index < -0.39 is 5.97 Å². The van der Waals surface area contributed by atoms with Gasteiger partial charge in [-0.1, -0.05) is 6.07 Å². The summed E-state index contributed by atoms with van der Waals surface area (Å²) < 4.78 is 21.4. The lowest BCUT2D eigenvalue weighted by Gasteiger charge is -2.15. The van der Waals surface area contributed by atoms with Gasteiger partial charge >= 0.3 is 5.97 Å². The molecule has 7 nitrogen and oxygen atoms in total. The number of carboxylic acid groups (broad SMARTS) is 1. The third kappa shape index (κ3) is 3.94. The molecule has 29 heavy (non-hydrogen) atoms. The zero-order valence-electron chi connectivity index (χ0n) is 16.6. The predicted molar refractivity (Wildman–Crippen MR) is 109 cm³/mol. The monoisotopic (exact) mass is 395 g/mol. The Labute approximate surface area is 168 Å². The van der Waals surface area contributed by atoms with E-state index in [2.05, 4.69) is 4.98 Å². The minimum absolute atomic E-state index is 0.427. The smallest absolute Gasteiger partial charge is 0.329 e. The van der Waals surface area contributed by atoms with Crippen LogP contribution in [0.3, 0.4) is 0 Å². The molecule has 0 radical (unpaired) electrons. The van der Waals surface area contributed by atoms with E-state index in [0.717, 1.165) is 16.8 Å². The molecule has 1 aromatic heterocycles. The second-order valence-electron chi connectivity index (χ2n) is 6.05. The summed E-state index contributed by atoms with van der Waals surface area (Å²) in [5.41, 5.74) is 1.55. The van der Waals surface area contributed by atoms with Crippen molar-refractivity contribution < 1.29 is 28.8 Å². The molecular weight excluding hydrogens is 374 g/mol. The summed E-state index contributed by atoms with van der Waals surface area (Å²) >= 11 is 0. The van der Waals surface area contributed by atoms with Gasteiger partial charge in [0.2, 0.25) is 0 Å². The molecule has 0 atom stereocenters. The minimum atomic E-state index is -1.09. The van der Waals surface area contributed by atoms with E-state index in [0.29, 0.717) is 39.8 Å². The van der Waals surface area contributed by atoms with Crippen LogP contribution in [-0.4, -0.2) is 44.5 Å². The van der Waals surface area contributed by atoms with Gasteiger partial charge < -0.3 is 24.1 Å². The number of pyridine rings is 1. The van der Waals surface area contributed by atoms with Crippen molar-refractivity contribution in [1.29, 1.82) is 0 Å². The maximum Gasteiger partial charge on any atom is 0.329 e. The first kappa shape index (κ1) is 20.0. The molecule has 0 bridgehead atoms. The third-order valence-electron chi connectivity index (χ3n) is 4.49. The summed E-state index contributed by atoms with van der Waals surface area (Å²) in [5, 5.41) is 11.1. The van der Waals surface area contributed by atoms with Gasteiger partial charge in [0.05, 0.1) is 34.1 Å². The molecule has 0 saturated heterocycles. The van der Waals surface area contributed by atoms with Crippen molar-refractivity contribution in [3.8, 4) is 23.0 Å². The molecule has 0 fully saturated rings. The molecule has 0 unspecified atom stereocenters. The Morgan fingerprint density at radius 1 is 0.862 bits per heavy atom. The van der Waals surface area contributed by atoms with Crippen molar-refractivity contribution in [3.63, 3.8) is 0 Å². The van der Waals surface area contributed by atoms with Gasteiger partial charge in [0, 0.05) is 23.2 Å². The van der Waals surface area contributed by atoms with Crippen molar-refractivity contribution >= 4 is 22.3 Å². The van der Waals surface area contributed by atoms with Crippen LogP contribution in [0.4, 0.5) is 0 Å². The first-order valence-electron chi connectivity index (χ1n) is 8.70. The predicted octanol–water partition coefficient (Wildman–Crippen LogP) is 3.79. The first-order valence-corrected chi connectivity index (χ1v) is 8.70. The first-order chi connectivity index (χ1) is 14.0. The molecule has 0 aliphatic rings. The summed E-state index contributed by atoms with van der Waals surface area (Å²) in [4.78, 5) is 16.1. The highest BCUT2D eigenvalue weighted by molar-refractivity contribution is 6.02. The number of aromatic nitrogens is 1. The number of ether oxygens (including phenoxy) is 4. The van der Waals surface area contributed by atoms with Crippen molar-refractivity contribution in [1.82, 2.24) is 4.98 Å². The van der Waals surface area contributed by atoms with Gasteiger partial charge in [0.25, 0.3) is 0 Å². The van der Waals surface area contributed by atoms with E-state index in [1.54, 1.807) is 44.7 Å². The minimum Gasteiger partial charge on any atom is -0.493 e. The zero-order valence-corrected chi connectivity index (χ0v) is 16.6. The Hall–Kier alpha value is -3.74. The van der Waals surface area contributed by atoms with Crippen LogP contribution in [0.15, 0.2) is 48.7 Å². The van der Waals surface area contributed by atoms with Crippen molar-refractivity contribution in [2.75, 3.05) is 28.4 Å². The molecule has 150 valence electrons. The number of carboxylic acids is 1. The summed E-state index contributed by atoms with van der Waals surface area (Å²) in [6.07, 6.45) is 2.75. The van der Waals surface area contributed by atoms with Crippen LogP contribution in [0, 0.1) is 0 Å². The lowest BCUT2D eigenvalue weighted by atomic mass is 9.96. The average molecular weight is 395 g/mol. The lowest BCUT2D eigenvalue weighted by Crippen LogP contribution is -2.00. The maximum absolute atomic E-state index is 11.6. The SMILES string of the molecule is COc1ccc(/C(=C/C(=O)O)c2nccc3cc(OC)c(OC)cc23)cc1OC. The number of benzene rings is 2. The molecule has 3 aromatic rings. The maximum atomic E-state index is 11.6. The van der Waals surface area contributed by atoms with Crippen molar-refractivity contribution in [2.24, 2.45) is 0 Å². The fourth-order valence-electron chi connectivity index (χ4n) is 3.13. The Morgan fingerprint density at radius 3 is 2.10 bits per heavy atom. The average Bonchev–Trinajstić information content (AvgIpc) is 2.75. The molecule has 0 aliphatic heterocycles. The van der Waals surface area contributed by atoms with Crippen molar-refractivity contribution in [3.05, 3.63) is 59.9 Å². The Balaban J connectivity index is 2.28. The Kier molecular flexibility index (Phi) is 5.87. The van der Waals surface area contributed by atoms with Crippen LogP contribution >= 0.6 is 0 Å². The van der Waals surface area contributed by atoms with Crippen LogP contribution in [0.1, 0.15) is 11.3 Å². The van der Waals surface area contributed by atoms with Crippen LogP contribution in [-0.2, 0) is 4.79 Å². The van der Waals surface area contributed by atoms with E-state index >= 15 is 0 Å². The number of carbonyl (C=O) groups is 1. The molecule has 2 aromatic carbocycles. The molecule has 1 N–H and O–H groups in total. The molecule has 3 rings (SSSR count). The number of methoxy groups -OCH3 is 4. The van der Waals surface area contributed by atoms with E-state index in [-0.39, 0.29) is 0 Å².